The van der Waals surface area contributed by atoms with Crippen LogP contribution in [0.1, 0.15) is 16.8 Å². The van der Waals surface area contributed by atoms with E-state index in [0.29, 0.717) is 4.47 Å². The Kier molecular flexibility index (Phi) is 4.81. The van der Waals surface area contributed by atoms with Gasteiger partial charge in [0.1, 0.15) is 5.82 Å². The van der Waals surface area contributed by atoms with Crippen molar-refractivity contribution in [1.82, 2.24) is 4.98 Å². The Morgan fingerprint density at radius 1 is 1.59 bits per heavy atom. The zero-order valence-electron chi connectivity index (χ0n) is 11.5. The molecule has 0 saturated carbocycles. The number of nitrogens with zero attached hydrogens (tertiary/aromatic N) is 2. The van der Waals surface area contributed by atoms with E-state index in [9.17, 15) is 21.9 Å². The molecule has 0 aromatic carbocycles. The number of carbonyl (C=O) groups is 2. The Balaban J connectivity index is 2.22. The minimum Gasteiger partial charge on any atom is -0.465 e. The van der Waals surface area contributed by atoms with Crippen LogP contribution in [0.15, 0.2) is 16.7 Å². The van der Waals surface area contributed by atoms with Gasteiger partial charge in [-0.3, -0.25) is 9.69 Å². The maximum Gasteiger partial charge on any atom is 0.339 e. The number of amides is 1. The zero-order valence-corrected chi connectivity index (χ0v) is 13.9. The molecule has 0 bridgehead atoms. The Labute approximate surface area is 134 Å². The number of pyridine rings is 1. The van der Waals surface area contributed by atoms with Gasteiger partial charge >= 0.3 is 16.2 Å². The summed E-state index contributed by atoms with van der Waals surface area (Å²) in [6.45, 7) is 0.0468. The van der Waals surface area contributed by atoms with Crippen LogP contribution >= 0.6 is 15.9 Å². The second-order valence-electron chi connectivity index (χ2n) is 4.80. The fourth-order valence-corrected chi connectivity index (χ4v) is 3.59. The van der Waals surface area contributed by atoms with Crippen molar-refractivity contribution in [3.63, 3.8) is 0 Å². The first-order chi connectivity index (χ1) is 10.2. The Morgan fingerprint density at radius 2 is 2.27 bits per heavy atom. The van der Waals surface area contributed by atoms with Crippen LogP contribution in [0.5, 0.6) is 0 Å². The molecule has 2 heterocycles. The summed E-state index contributed by atoms with van der Waals surface area (Å²) < 4.78 is 39.0. The Bertz CT molecular complexity index is 724. The quantitative estimate of drug-likeness (QED) is 0.563. The van der Waals surface area contributed by atoms with Crippen LogP contribution < -0.4 is 4.90 Å². The molecule has 0 spiro atoms. The highest BCUT2D eigenvalue weighted by molar-refractivity contribution is 9.10. The van der Waals surface area contributed by atoms with Crippen molar-refractivity contribution in [3.8, 4) is 0 Å². The average molecular weight is 395 g/mol. The third-order valence-corrected chi connectivity index (χ3v) is 4.59. The van der Waals surface area contributed by atoms with E-state index < -0.39 is 27.9 Å². The van der Waals surface area contributed by atoms with E-state index in [2.05, 4.69) is 25.7 Å². The third-order valence-electron chi connectivity index (χ3n) is 3.14. The molecule has 0 radical (unpaired) electrons. The molecule has 1 unspecified atom stereocenters. The molecule has 1 amide bonds. The molecular weight excluding hydrogens is 383 g/mol. The van der Waals surface area contributed by atoms with Gasteiger partial charge < -0.3 is 4.74 Å². The maximum absolute atomic E-state index is 12.7. The van der Waals surface area contributed by atoms with Crippen molar-refractivity contribution in [2.45, 2.75) is 6.42 Å². The van der Waals surface area contributed by atoms with E-state index in [1.165, 1.54) is 24.3 Å². The SMILES string of the molecule is COC(=O)c1cnc(N2CC(CS(=O)(=O)F)CC2=O)c(Br)c1. The van der Waals surface area contributed by atoms with Gasteiger partial charge in [0.2, 0.25) is 5.91 Å². The number of esters is 1. The fraction of sp³-hybridized carbons (Fsp3) is 0.417. The summed E-state index contributed by atoms with van der Waals surface area (Å²) in [5, 5.41) is 0. The van der Waals surface area contributed by atoms with Crippen molar-refractivity contribution in [3.05, 3.63) is 22.3 Å². The lowest BCUT2D eigenvalue weighted by Gasteiger charge is -2.17. The number of ether oxygens (including phenoxy) is 1. The lowest BCUT2D eigenvalue weighted by molar-refractivity contribution is -0.117. The highest BCUT2D eigenvalue weighted by Crippen LogP contribution is 2.31. The highest BCUT2D eigenvalue weighted by Gasteiger charge is 2.35. The molecule has 22 heavy (non-hydrogen) atoms. The minimum atomic E-state index is -4.64. The first kappa shape index (κ1) is 16.8. The molecule has 1 atom stereocenters. The lowest BCUT2D eigenvalue weighted by atomic mass is 10.1. The summed E-state index contributed by atoms with van der Waals surface area (Å²) in [4.78, 5) is 28.6. The summed E-state index contributed by atoms with van der Waals surface area (Å²) in [6, 6.07) is 1.45. The molecule has 1 aromatic rings. The van der Waals surface area contributed by atoms with Crippen molar-refractivity contribution in [2.24, 2.45) is 5.92 Å². The summed E-state index contributed by atoms with van der Waals surface area (Å²) in [6.07, 6.45) is 1.18. The van der Waals surface area contributed by atoms with Crippen LogP contribution in [0.3, 0.4) is 0 Å². The molecule has 120 valence electrons. The molecule has 0 N–H and O–H groups in total. The van der Waals surface area contributed by atoms with E-state index in [-0.39, 0.29) is 30.3 Å². The van der Waals surface area contributed by atoms with Crippen LogP contribution in [0, 0.1) is 5.92 Å². The number of rotatable bonds is 4. The zero-order chi connectivity index (χ0) is 16.5. The molecule has 1 saturated heterocycles. The molecule has 1 aromatic heterocycles. The monoisotopic (exact) mass is 394 g/mol. The van der Waals surface area contributed by atoms with Crippen molar-refractivity contribution < 1.29 is 26.6 Å². The van der Waals surface area contributed by atoms with Crippen LogP contribution in [-0.2, 0) is 19.8 Å². The average Bonchev–Trinajstić information content (AvgIpc) is 2.76. The predicted octanol–water partition coefficient (Wildman–Crippen LogP) is 1.28. The summed E-state index contributed by atoms with van der Waals surface area (Å²) in [5.74, 6) is -2.01. The topological polar surface area (TPSA) is 93.6 Å². The number of aromatic nitrogens is 1. The number of hydrogen-bond donors (Lipinski definition) is 0. The van der Waals surface area contributed by atoms with Gasteiger partial charge in [-0.25, -0.2) is 9.78 Å². The van der Waals surface area contributed by atoms with Crippen molar-refractivity contribution in [2.75, 3.05) is 24.3 Å². The van der Waals surface area contributed by atoms with Crippen LogP contribution in [0.2, 0.25) is 0 Å². The fourth-order valence-electron chi connectivity index (χ4n) is 2.24. The van der Waals surface area contributed by atoms with Gasteiger partial charge in [-0.05, 0) is 22.0 Å². The van der Waals surface area contributed by atoms with E-state index in [1.54, 1.807) is 0 Å². The van der Waals surface area contributed by atoms with Gasteiger partial charge in [-0.2, -0.15) is 8.42 Å². The minimum absolute atomic E-state index is 0.0468. The largest absolute Gasteiger partial charge is 0.465 e. The van der Waals surface area contributed by atoms with E-state index in [4.69, 9.17) is 0 Å². The first-order valence-corrected chi connectivity index (χ1v) is 8.52. The third kappa shape index (κ3) is 3.80. The Hall–Kier alpha value is -1.55. The summed E-state index contributed by atoms with van der Waals surface area (Å²) in [7, 11) is -3.41. The van der Waals surface area contributed by atoms with Crippen molar-refractivity contribution >= 4 is 43.8 Å². The number of anilines is 1. The van der Waals surface area contributed by atoms with Gasteiger partial charge in [-0.1, -0.05) is 0 Å². The molecule has 10 heteroatoms. The molecule has 1 aliphatic rings. The summed E-state index contributed by atoms with van der Waals surface area (Å²) >= 11 is 3.21. The standard InChI is InChI=1S/C12H12BrFN2O5S/c1-21-12(18)8-3-9(13)11(15-4-8)16-5-7(2-10(16)17)6-22(14,19)20/h3-4,7H,2,5-6H2,1H3. The van der Waals surface area contributed by atoms with Gasteiger partial charge in [0.15, 0.2) is 0 Å². The molecule has 2 rings (SSSR count). The second-order valence-corrected chi connectivity index (χ2v) is 7.07. The normalized spacial score (nSPS) is 18.6. The maximum atomic E-state index is 12.7. The van der Waals surface area contributed by atoms with Gasteiger partial charge in [-0.15, -0.1) is 3.89 Å². The number of carbonyl (C=O) groups excluding carboxylic acids is 2. The smallest absolute Gasteiger partial charge is 0.339 e. The van der Waals surface area contributed by atoms with Crippen LogP contribution in [0.4, 0.5) is 9.70 Å². The summed E-state index contributed by atoms with van der Waals surface area (Å²) in [5.41, 5.74) is 0.202. The molecule has 1 fully saturated rings. The molecule has 0 aliphatic carbocycles. The van der Waals surface area contributed by atoms with E-state index in [1.807, 2.05) is 0 Å². The van der Waals surface area contributed by atoms with E-state index in [0.717, 1.165) is 0 Å². The van der Waals surface area contributed by atoms with Gasteiger partial charge in [0.25, 0.3) is 0 Å². The Morgan fingerprint density at radius 3 is 2.82 bits per heavy atom. The van der Waals surface area contributed by atoms with Crippen LogP contribution in [0.25, 0.3) is 0 Å². The predicted molar refractivity (Wildman–Crippen MR) is 78.6 cm³/mol. The van der Waals surface area contributed by atoms with Crippen molar-refractivity contribution in [1.29, 1.82) is 0 Å². The number of hydrogen-bond acceptors (Lipinski definition) is 6. The molecular formula is C12H12BrFN2O5S. The molecule has 1 aliphatic heterocycles. The van der Waals surface area contributed by atoms with Crippen LogP contribution in [-0.4, -0.2) is 44.7 Å². The van der Waals surface area contributed by atoms with Gasteiger partial charge in [0, 0.05) is 25.1 Å². The molecule has 7 nitrogen and oxygen atoms in total. The lowest BCUT2D eigenvalue weighted by Crippen LogP contribution is -2.27. The first-order valence-electron chi connectivity index (χ1n) is 6.18. The van der Waals surface area contributed by atoms with Gasteiger partial charge in [0.05, 0.1) is 22.9 Å². The number of halogens is 2. The highest BCUT2D eigenvalue weighted by atomic mass is 79.9. The second kappa shape index (κ2) is 6.29. The number of methoxy groups -OCH3 is 1. The van der Waals surface area contributed by atoms with E-state index >= 15 is 0 Å².